The monoisotopic (exact) mass is 347 g/mol. The van der Waals surface area contributed by atoms with Crippen LogP contribution in [0.4, 0.5) is 0 Å². The minimum atomic E-state index is -3.76. The van der Waals surface area contributed by atoms with Crippen molar-refractivity contribution in [1.29, 1.82) is 0 Å². The van der Waals surface area contributed by atoms with Crippen LogP contribution in [0.15, 0.2) is 51.8 Å². The molecule has 7 heteroatoms. The smallest absolute Gasteiger partial charge is 0.199 e. The van der Waals surface area contributed by atoms with E-state index in [1.165, 1.54) is 36.5 Å². The summed E-state index contributed by atoms with van der Waals surface area (Å²) < 4.78 is 27.5. The molecule has 0 bridgehead atoms. The van der Waals surface area contributed by atoms with Gasteiger partial charge in [-0.15, -0.1) is 0 Å². The zero-order valence-corrected chi connectivity index (χ0v) is 13.0. The molecule has 0 aliphatic heterocycles. The summed E-state index contributed by atoms with van der Waals surface area (Å²) in [5.74, 6) is 0. The highest BCUT2D eigenvalue weighted by Crippen LogP contribution is 2.22. The lowest BCUT2D eigenvalue weighted by Crippen LogP contribution is -1.97. The molecule has 0 saturated heterocycles. The van der Waals surface area contributed by atoms with Crippen LogP contribution in [0.5, 0.6) is 0 Å². The molecular formula is C13H8Cl3NO2S. The van der Waals surface area contributed by atoms with Crippen molar-refractivity contribution in [1.82, 2.24) is 0 Å². The minimum absolute atomic E-state index is 0.0678. The number of sulfonamides is 1. The summed E-state index contributed by atoms with van der Waals surface area (Å²) in [5.41, 5.74) is 0.539. The molecule has 0 unspecified atom stereocenters. The zero-order valence-electron chi connectivity index (χ0n) is 9.92. The van der Waals surface area contributed by atoms with Crippen LogP contribution in [0.25, 0.3) is 0 Å². The fraction of sp³-hybridized carbons (Fsp3) is 0. The molecule has 0 atom stereocenters. The summed E-state index contributed by atoms with van der Waals surface area (Å²) in [5, 5.41) is 1.18. The van der Waals surface area contributed by atoms with Gasteiger partial charge in [0.25, 0.3) is 10.0 Å². The molecule has 0 aliphatic rings. The Morgan fingerprint density at radius 3 is 2.15 bits per heavy atom. The molecule has 20 heavy (non-hydrogen) atoms. The number of rotatable bonds is 3. The Balaban J connectivity index is 2.29. The first-order chi connectivity index (χ1) is 9.38. The molecule has 0 N–H and O–H groups in total. The van der Waals surface area contributed by atoms with E-state index in [9.17, 15) is 8.42 Å². The summed E-state index contributed by atoms with van der Waals surface area (Å²) in [4.78, 5) is 0.0678. The Morgan fingerprint density at radius 1 is 0.900 bits per heavy atom. The van der Waals surface area contributed by atoms with Gasteiger partial charge in [0.2, 0.25) is 0 Å². The van der Waals surface area contributed by atoms with Gasteiger partial charge in [-0.05, 0) is 42.0 Å². The maximum absolute atomic E-state index is 12.0. The van der Waals surface area contributed by atoms with E-state index in [1.54, 1.807) is 12.1 Å². The summed E-state index contributed by atoms with van der Waals surface area (Å²) in [7, 11) is -3.76. The Hall–Kier alpha value is -1.07. The van der Waals surface area contributed by atoms with Crippen LogP contribution in [0.1, 0.15) is 5.56 Å². The van der Waals surface area contributed by atoms with Gasteiger partial charge in [0.15, 0.2) is 0 Å². The SMILES string of the molecule is O=S(=O)(N=Cc1ccc(Cl)c(Cl)c1)c1ccc(Cl)cc1. The third-order valence-electron chi connectivity index (χ3n) is 2.40. The van der Waals surface area contributed by atoms with E-state index in [0.29, 0.717) is 20.6 Å². The van der Waals surface area contributed by atoms with Crippen LogP contribution < -0.4 is 0 Å². The second-order valence-electron chi connectivity index (χ2n) is 3.84. The molecule has 2 rings (SSSR count). The van der Waals surface area contributed by atoms with Gasteiger partial charge in [0.05, 0.1) is 14.9 Å². The fourth-order valence-corrected chi connectivity index (χ4v) is 2.69. The first-order valence-corrected chi connectivity index (χ1v) is 7.97. The van der Waals surface area contributed by atoms with E-state index >= 15 is 0 Å². The number of benzene rings is 2. The zero-order chi connectivity index (χ0) is 14.8. The molecule has 0 heterocycles. The van der Waals surface area contributed by atoms with E-state index in [4.69, 9.17) is 34.8 Å². The first-order valence-electron chi connectivity index (χ1n) is 5.39. The molecule has 0 radical (unpaired) electrons. The van der Waals surface area contributed by atoms with E-state index < -0.39 is 10.0 Å². The molecule has 2 aromatic carbocycles. The van der Waals surface area contributed by atoms with Crippen molar-refractivity contribution >= 4 is 51.0 Å². The quantitative estimate of drug-likeness (QED) is 0.769. The molecule has 3 nitrogen and oxygen atoms in total. The number of nitrogens with zero attached hydrogens (tertiary/aromatic N) is 1. The second kappa shape index (κ2) is 6.14. The molecule has 0 aromatic heterocycles. The first kappa shape index (κ1) is 15.3. The summed E-state index contributed by atoms with van der Waals surface area (Å²) in [6.07, 6.45) is 1.21. The Morgan fingerprint density at radius 2 is 1.55 bits per heavy atom. The molecule has 0 aliphatic carbocycles. The van der Waals surface area contributed by atoms with Crippen LogP contribution in [-0.2, 0) is 10.0 Å². The molecule has 0 saturated carbocycles. The van der Waals surface area contributed by atoms with Gasteiger partial charge in [-0.1, -0.05) is 40.9 Å². The van der Waals surface area contributed by atoms with Gasteiger partial charge in [-0.3, -0.25) is 0 Å². The van der Waals surface area contributed by atoms with Gasteiger partial charge in [0, 0.05) is 11.2 Å². The molecule has 0 spiro atoms. The Bertz CT molecular complexity index is 756. The third-order valence-corrected chi connectivity index (χ3v) is 4.64. The average molecular weight is 349 g/mol. The topological polar surface area (TPSA) is 46.5 Å². The van der Waals surface area contributed by atoms with E-state index in [2.05, 4.69) is 4.40 Å². The molecule has 0 amide bonds. The highest BCUT2D eigenvalue weighted by Gasteiger charge is 2.11. The lowest BCUT2D eigenvalue weighted by atomic mass is 10.2. The number of hydrogen-bond acceptors (Lipinski definition) is 2. The predicted molar refractivity (Wildman–Crippen MR) is 82.7 cm³/mol. The maximum atomic E-state index is 12.0. The van der Waals surface area contributed by atoms with Gasteiger partial charge in [-0.2, -0.15) is 12.8 Å². The lowest BCUT2D eigenvalue weighted by molar-refractivity contribution is 0.598. The number of halogens is 3. The molecule has 104 valence electrons. The maximum Gasteiger partial charge on any atom is 0.282 e. The highest BCUT2D eigenvalue weighted by molar-refractivity contribution is 7.90. The second-order valence-corrected chi connectivity index (χ2v) is 6.72. The van der Waals surface area contributed by atoms with E-state index in [1.807, 2.05) is 0 Å². The van der Waals surface area contributed by atoms with Crippen molar-refractivity contribution < 1.29 is 8.42 Å². The van der Waals surface area contributed by atoms with Gasteiger partial charge in [-0.25, -0.2) is 0 Å². The molecular weight excluding hydrogens is 341 g/mol. The number of hydrogen-bond donors (Lipinski definition) is 0. The van der Waals surface area contributed by atoms with Crippen LogP contribution in [0.3, 0.4) is 0 Å². The third kappa shape index (κ3) is 3.73. The normalized spacial score (nSPS) is 11.9. The summed E-state index contributed by atoms with van der Waals surface area (Å²) >= 11 is 17.3. The standard InChI is InChI=1S/C13H8Cl3NO2S/c14-10-2-4-11(5-3-10)20(18,19)17-8-9-1-6-12(15)13(16)7-9/h1-8H. The molecule has 0 fully saturated rings. The largest absolute Gasteiger partial charge is 0.282 e. The van der Waals surface area contributed by atoms with Gasteiger partial charge >= 0.3 is 0 Å². The van der Waals surface area contributed by atoms with Crippen molar-refractivity contribution in [2.75, 3.05) is 0 Å². The predicted octanol–water partition coefficient (Wildman–Crippen LogP) is 4.45. The van der Waals surface area contributed by atoms with Crippen LogP contribution in [0.2, 0.25) is 15.1 Å². The van der Waals surface area contributed by atoms with E-state index in [-0.39, 0.29) is 4.90 Å². The van der Waals surface area contributed by atoms with Crippen molar-refractivity contribution in [2.24, 2.45) is 4.40 Å². The Kier molecular flexibility index (Phi) is 4.70. The van der Waals surface area contributed by atoms with Crippen LogP contribution >= 0.6 is 34.8 Å². The van der Waals surface area contributed by atoms with Crippen LogP contribution in [0, 0.1) is 0 Å². The lowest BCUT2D eigenvalue weighted by Gasteiger charge is -1.99. The molecule has 2 aromatic rings. The highest BCUT2D eigenvalue weighted by atomic mass is 35.5. The Labute approximate surface area is 131 Å². The van der Waals surface area contributed by atoms with E-state index in [0.717, 1.165) is 0 Å². The minimum Gasteiger partial charge on any atom is -0.199 e. The van der Waals surface area contributed by atoms with Crippen molar-refractivity contribution in [3.8, 4) is 0 Å². The van der Waals surface area contributed by atoms with Crippen LogP contribution in [-0.4, -0.2) is 14.6 Å². The van der Waals surface area contributed by atoms with Crippen molar-refractivity contribution in [2.45, 2.75) is 4.90 Å². The summed E-state index contributed by atoms with van der Waals surface area (Å²) in [6.45, 7) is 0. The van der Waals surface area contributed by atoms with Gasteiger partial charge in [0.1, 0.15) is 0 Å². The van der Waals surface area contributed by atoms with Crippen molar-refractivity contribution in [3.63, 3.8) is 0 Å². The van der Waals surface area contributed by atoms with Crippen molar-refractivity contribution in [3.05, 3.63) is 63.1 Å². The summed E-state index contributed by atoms with van der Waals surface area (Å²) in [6, 6.07) is 10.5. The van der Waals surface area contributed by atoms with Gasteiger partial charge < -0.3 is 0 Å². The fourth-order valence-electron chi connectivity index (χ4n) is 1.39. The average Bonchev–Trinajstić information content (AvgIpc) is 2.41.